The molecule has 6 N–H and O–H groups in total. The molecule has 0 unspecified atom stereocenters. The Balaban J connectivity index is 1.65. The first-order chi connectivity index (χ1) is 15.3. The van der Waals surface area contributed by atoms with Gasteiger partial charge in [0, 0.05) is 18.3 Å². The van der Waals surface area contributed by atoms with Crippen LogP contribution in [0.3, 0.4) is 0 Å². The molecule has 33 heavy (non-hydrogen) atoms. The molecule has 4 aliphatic carbocycles. The summed E-state index contributed by atoms with van der Waals surface area (Å²) in [5.74, 6) is -0.487. The van der Waals surface area contributed by atoms with E-state index in [9.17, 15) is 30.6 Å². The van der Waals surface area contributed by atoms with Gasteiger partial charge >= 0.3 is 0 Å². The third-order valence-corrected chi connectivity index (χ3v) is 10.9. The van der Waals surface area contributed by atoms with Gasteiger partial charge in [0.15, 0.2) is 0 Å². The van der Waals surface area contributed by atoms with Gasteiger partial charge in [-0.05, 0) is 73.5 Å². The third kappa shape index (κ3) is 3.75. The molecule has 0 radical (unpaired) electrons. The van der Waals surface area contributed by atoms with Gasteiger partial charge in [-0.1, -0.05) is 39.8 Å². The standard InChI is InChI=1S/C27H46O6/c1-14(16(3)28)6-7-15(2)17-12-19(30)24-25(17,4)11-9-21-26(5)10-8-18(29)23(32)22(26)20(31)13-27(21,24)33/h6-7,14-24,28-33H,8-13H2,1-5H3/b7-6+/t14-,15+,16+,17+,18-,19+,20-,21+,22-,23-,24+,25+,26+,27-/m0/s1. The first kappa shape index (κ1) is 25.6. The van der Waals surface area contributed by atoms with E-state index in [1.165, 1.54) is 0 Å². The second-order valence-corrected chi connectivity index (χ2v) is 12.7. The van der Waals surface area contributed by atoms with E-state index in [1.807, 2.05) is 6.92 Å². The molecule has 0 aliphatic heterocycles. The molecular weight excluding hydrogens is 420 g/mol. The highest BCUT2D eigenvalue weighted by atomic mass is 16.3. The van der Waals surface area contributed by atoms with Crippen LogP contribution < -0.4 is 0 Å². The van der Waals surface area contributed by atoms with E-state index in [-0.39, 0.29) is 41.4 Å². The minimum atomic E-state index is -1.20. The molecule has 0 spiro atoms. The van der Waals surface area contributed by atoms with Crippen molar-refractivity contribution in [2.75, 3.05) is 0 Å². The molecule has 4 aliphatic rings. The summed E-state index contributed by atoms with van der Waals surface area (Å²) in [7, 11) is 0. The summed E-state index contributed by atoms with van der Waals surface area (Å²) in [5, 5.41) is 65.7. The Bertz CT molecular complexity index is 755. The smallest absolute Gasteiger partial charge is 0.0857 e. The van der Waals surface area contributed by atoms with E-state index in [0.29, 0.717) is 19.3 Å². The Morgan fingerprint density at radius 1 is 0.848 bits per heavy atom. The van der Waals surface area contributed by atoms with Gasteiger partial charge in [0.2, 0.25) is 0 Å². The van der Waals surface area contributed by atoms with E-state index < -0.39 is 47.5 Å². The maximum atomic E-state index is 12.3. The fourth-order valence-corrected chi connectivity index (χ4v) is 9.09. The predicted molar refractivity (Wildman–Crippen MR) is 126 cm³/mol. The highest BCUT2D eigenvalue weighted by Crippen LogP contribution is 2.69. The fourth-order valence-electron chi connectivity index (χ4n) is 9.09. The minimum absolute atomic E-state index is 0.0563. The Kier molecular flexibility index (Phi) is 6.64. The Morgan fingerprint density at radius 3 is 2.12 bits per heavy atom. The average molecular weight is 467 g/mol. The van der Waals surface area contributed by atoms with Crippen LogP contribution >= 0.6 is 0 Å². The maximum absolute atomic E-state index is 12.3. The van der Waals surface area contributed by atoms with Crippen LogP contribution in [0.4, 0.5) is 0 Å². The first-order valence-electron chi connectivity index (χ1n) is 13.1. The van der Waals surface area contributed by atoms with Crippen LogP contribution in [-0.2, 0) is 0 Å². The zero-order chi connectivity index (χ0) is 24.5. The summed E-state index contributed by atoms with van der Waals surface area (Å²) in [6, 6.07) is 0. The van der Waals surface area contributed by atoms with Gasteiger partial charge in [0.1, 0.15) is 0 Å². The van der Waals surface area contributed by atoms with Crippen molar-refractivity contribution in [3.8, 4) is 0 Å². The quantitative estimate of drug-likeness (QED) is 0.354. The van der Waals surface area contributed by atoms with Crippen LogP contribution in [0.1, 0.15) is 73.1 Å². The zero-order valence-corrected chi connectivity index (χ0v) is 20.9. The second kappa shape index (κ2) is 8.56. The number of hydrogen-bond acceptors (Lipinski definition) is 6. The van der Waals surface area contributed by atoms with Gasteiger partial charge in [-0.25, -0.2) is 0 Å². The predicted octanol–water partition coefficient (Wildman–Crippen LogP) is 2.24. The highest BCUT2D eigenvalue weighted by molar-refractivity contribution is 5.21. The van der Waals surface area contributed by atoms with Crippen molar-refractivity contribution in [3.05, 3.63) is 12.2 Å². The molecule has 0 bridgehead atoms. The number of aliphatic hydroxyl groups excluding tert-OH is 5. The van der Waals surface area contributed by atoms with Crippen molar-refractivity contribution >= 4 is 0 Å². The normalized spacial score (nSPS) is 54.9. The molecule has 4 rings (SSSR count). The summed E-state index contributed by atoms with van der Waals surface area (Å²) < 4.78 is 0. The van der Waals surface area contributed by atoms with Crippen LogP contribution in [-0.4, -0.2) is 66.8 Å². The fraction of sp³-hybridized carbons (Fsp3) is 0.926. The molecule has 0 amide bonds. The minimum Gasteiger partial charge on any atom is -0.393 e. The van der Waals surface area contributed by atoms with Gasteiger partial charge in [-0.2, -0.15) is 0 Å². The lowest BCUT2D eigenvalue weighted by molar-refractivity contribution is -0.280. The molecule has 0 aromatic heterocycles. The number of allylic oxidation sites excluding steroid dienone is 1. The molecule has 0 aromatic carbocycles. The first-order valence-corrected chi connectivity index (χ1v) is 13.1. The number of fused-ring (bicyclic) bond motifs is 5. The summed E-state index contributed by atoms with van der Waals surface area (Å²) in [6.45, 7) is 10.2. The van der Waals surface area contributed by atoms with Crippen molar-refractivity contribution in [2.45, 2.75) is 109 Å². The largest absolute Gasteiger partial charge is 0.393 e. The van der Waals surface area contributed by atoms with Crippen LogP contribution in [0.5, 0.6) is 0 Å². The molecule has 0 saturated heterocycles. The van der Waals surface area contributed by atoms with Gasteiger partial charge in [-0.15, -0.1) is 0 Å². The van der Waals surface area contributed by atoms with Crippen molar-refractivity contribution in [1.82, 2.24) is 0 Å². The molecule has 14 atom stereocenters. The SMILES string of the molecule is C[C@H](/C=C/[C@H](C)[C@@H](C)O)[C@H]1C[C@@H](O)[C@@H]2[C@]1(C)CC[C@@H]1[C@@]3(C)CC[C@H](O)[C@H](O)[C@@H]3[C@@H](O)C[C@]12O. The van der Waals surface area contributed by atoms with Gasteiger partial charge in [-0.3, -0.25) is 0 Å². The van der Waals surface area contributed by atoms with E-state index in [2.05, 4.69) is 32.9 Å². The number of hydrogen-bond donors (Lipinski definition) is 6. The number of rotatable bonds is 4. The molecule has 0 heterocycles. The van der Waals surface area contributed by atoms with Crippen molar-refractivity contribution in [3.63, 3.8) is 0 Å². The monoisotopic (exact) mass is 466 g/mol. The lowest BCUT2D eigenvalue weighted by Crippen LogP contribution is -2.70. The van der Waals surface area contributed by atoms with Crippen molar-refractivity contribution < 1.29 is 30.6 Å². The van der Waals surface area contributed by atoms with Gasteiger partial charge < -0.3 is 30.6 Å². The van der Waals surface area contributed by atoms with Gasteiger partial charge in [0.05, 0.1) is 36.1 Å². The topological polar surface area (TPSA) is 121 Å². The molecule has 6 nitrogen and oxygen atoms in total. The van der Waals surface area contributed by atoms with E-state index in [1.54, 1.807) is 6.92 Å². The van der Waals surface area contributed by atoms with E-state index in [0.717, 1.165) is 12.8 Å². The molecular formula is C27H46O6. The van der Waals surface area contributed by atoms with Crippen LogP contribution in [0.25, 0.3) is 0 Å². The van der Waals surface area contributed by atoms with Crippen LogP contribution in [0.15, 0.2) is 12.2 Å². The van der Waals surface area contributed by atoms with Crippen molar-refractivity contribution in [2.24, 2.45) is 46.3 Å². The van der Waals surface area contributed by atoms with Crippen LogP contribution in [0.2, 0.25) is 0 Å². The summed E-state index contributed by atoms with van der Waals surface area (Å²) >= 11 is 0. The number of aliphatic hydroxyl groups is 6. The maximum Gasteiger partial charge on any atom is 0.0857 e. The Morgan fingerprint density at radius 2 is 1.48 bits per heavy atom. The average Bonchev–Trinajstić information content (AvgIpc) is 3.00. The molecule has 4 fully saturated rings. The molecule has 4 saturated carbocycles. The lowest BCUT2D eigenvalue weighted by Gasteiger charge is -2.66. The van der Waals surface area contributed by atoms with E-state index >= 15 is 0 Å². The van der Waals surface area contributed by atoms with Crippen molar-refractivity contribution in [1.29, 1.82) is 0 Å². The van der Waals surface area contributed by atoms with E-state index in [4.69, 9.17) is 0 Å². The summed E-state index contributed by atoms with van der Waals surface area (Å²) in [4.78, 5) is 0. The summed E-state index contributed by atoms with van der Waals surface area (Å²) in [5.41, 5.74) is -1.95. The van der Waals surface area contributed by atoms with Gasteiger partial charge in [0.25, 0.3) is 0 Å². The third-order valence-electron chi connectivity index (χ3n) is 10.9. The zero-order valence-electron chi connectivity index (χ0n) is 20.9. The lowest BCUT2D eigenvalue weighted by atomic mass is 9.41. The van der Waals surface area contributed by atoms with Crippen LogP contribution in [0, 0.1) is 46.3 Å². The second-order valence-electron chi connectivity index (χ2n) is 12.7. The highest BCUT2D eigenvalue weighted by Gasteiger charge is 2.71. The summed E-state index contributed by atoms with van der Waals surface area (Å²) in [6.07, 6.45) is 3.94. The molecule has 0 aromatic rings. The molecule has 190 valence electrons. The Hall–Kier alpha value is -0.500. The Labute approximate surface area is 198 Å². The molecule has 6 heteroatoms.